The average Bonchev–Trinajstić information content (AvgIpc) is 3.46. The number of aliphatic hydroxyl groups is 4. The SMILES string of the molecule is C=C(/C=C/C=C(/CO)[C@H]1CC[C@@]2([C@H](CCCO)/C(=C(/C(=O)Cc3cccc4c3OC(=O)N[C@H]4N)C3CCCCC3)CC[C@@]2(C)O)[C@@H]1O)CCC=C(C)C. The van der Waals surface area contributed by atoms with Crippen molar-refractivity contribution < 1.29 is 34.8 Å². The fourth-order valence-electron chi connectivity index (χ4n) is 9.94. The Morgan fingerprint density at radius 3 is 2.58 bits per heavy atom. The number of rotatable bonds is 14. The number of para-hydroxylation sites is 1. The number of carbonyl (C=O) groups excluding carboxylic acids is 2. The van der Waals surface area contributed by atoms with Crippen LogP contribution >= 0.6 is 0 Å². The molecule has 9 nitrogen and oxygen atoms in total. The highest BCUT2D eigenvalue weighted by atomic mass is 16.6. The molecular formula is C44H62N2O7. The first kappa shape index (κ1) is 40.8. The number of hydrogen-bond acceptors (Lipinski definition) is 8. The summed E-state index contributed by atoms with van der Waals surface area (Å²) >= 11 is 0. The van der Waals surface area contributed by atoms with Crippen LogP contribution in [0, 0.1) is 23.2 Å². The van der Waals surface area contributed by atoms with Gasteiger partial charge in [0.25, 0.3) is 0 Å². The van der Waals surface area contributed by atoms with E-state index in [1.807, 2.05) is 37.3 Å². The summed E-state index contributed by atoms with van der Waals surface area (Å²) in [5.74, 6) is -0.420. The lowest BCUT2D eigenvalue weighted by Crippen LogP contribution is -2.59. The number of amides is 1. The number of ketones is 1. The molecule has 1 heterocycles. The first-order valence-electron chi connectivity index (χ1n) is 19.8. The molecule has 1 aromatic carbocycles. The number of allylic oxidation sites excluding steroid dienone is 8. The van der Waals surface area contributed by atoms with Gasteiger partial charge in [-0.25, -0.2) is 4.79 Å². The Morgan fingerprint density at radius 2 is 1.89 bits per heavy atom. The Kier molecular flexibility index (Phi) is 13.8. The van der Waals surface area contributed by atoms with Crippen molar-refractivity contribution in [3.63, 3.8) is 0 Å². The van der Waals surface area contributed by atoms with Gasteiger partial charge in [-0.2, -0.15) is 0 Å². The third kappa shape index (κ3) is 8.81. The van der Waals surface area contributed by atoms with Gasteiger partial charge in [0, 0.05) is 35.5 Å². The monoisotopic (exact) mass is 730 g/mol. The van der Waals surface area contributed by atoms with E-state index in [2.05, 4.69) is 31.8 Å². The van der Waals surface area contributed by atoms with Gasteiger partial charge in [0.15, 0.2) is 5.78 Å². The molecule has 6 atom stereocenters. The van der Waals surface area contributed by atoms with Crippen LogP contribution in [-0.2, 0) is 11.2 Å². The Labute approximate surface area is 315 Å². The third-order valence-corrected chi connectivity index (χ3v) is 12.6. The first-order valence-corrected chi connectivity index (χ1v) is 19.8. The van der Waals surface area contributed by atoms with Crippen LogP contribution in [0.2, 0.25) is 0 Å². The molecule has 7 N–H and O–H groups in total. The molecule has 53 heavy (non-hydrogen) atoms. The van der Waals surface area contributed by atoms with Gasteiger partial charge in [0.1, 0.15) is 11.9 Å². The number of Topliss-reactive ketones (excluding diaryl/α,β-unsaturated/α-hetero) is 1. The molecule has 0 unspecified atom stereocenters. The van der Waals surface area contributed by atoms with E-state index < -0.39 is 29.4 Å². The van der Waals surface area contributed by atoms with Crippen LogP contribution in [0.25, 0.3) is 0 Å². The second kappa shape index (κ2) is 17.9. The van der Waals surface area contributed by atoms with Crippen molar-refractivity contribution in [1.29, 1.82) is 0 Å². The van der Waals surface area contributed by atoms with Gasteiger partial charge in [-0.05, 0) is 108 Å². The number of ether oxygens (including phenoxy) is 1. The molecule has 0 saturated heterocycles. The minimum atomic E-state index is -1.25. The van der Waals surface area contributed by atoms with E-state index in [1.165, 1.54) is 5.57 Å². The van der Waals surface area contributed by atoms with E-state index in [1.54, 1.807) is 6.07 Å². The molecule has 290 valence electrons. The first-order chi connectivity index (χ1) is 25.3. The highest BCUT2D eigenvalue weighted by Gasteiger charge is 2.64. The zero-order valence-corrected chi connectivity index (χ0v) is 32.0. The average molecular weight is 731 g/mol. The molecule has 1 aliphatic heterocycles. The lowest BCUT2D eigenvalue weighted by molar-refractivity contribution is -0.168. The minimum Gasteiger partial charge on any atom is -0.410 e. The van der Waals surface area contributed by atoms with Crippen LogP contribution in [0.1, 0.15) is 122 Å². The quantitative estimate of drug-likeness (QED) is 0.0665. The summed E-state index contributed by atoms with van der Waals surface area (Å²) in [6.45, 7) is 9.87. The van der Waals surface area contributed by atoms with Crippen molar-refractivity contribution in [2.45, 2.75) is 129 Å². The van der Waals surface area contributed by atoms with E-state index in [9.17, 15) is 30.0 Å². The maximum absolute atomic E-state index is 14.8. The van der Waals surface area contributed by atoms with Crippen LogP contribution in [0.4, 0.5) is 4.79 Å². The fraction of sp³-hybridized carbons (Fsp3) is 0.591. The summed E-state index contributed by atoms with van der Waals surface area (Å²) in [5, 5.41) is 48.2. The molecule has 3 aliphatic carbocycles. The smallest absolute Gasteiger partial charge is 0.410 e. The number of fused-ring (bicyclic) bond motifs is 1. The maximum atomic E-state index is 14.8. The molecule has 3 saturated carbocycles. The van der Waals surface area contributed by atoms with E-state index in [-0.39, 0.29) is 43.2 Å². The largest absolute Gasteiger partial charge is 0.414 e. The highest BCUT2D eigenvalue weighted by Crippen LogP contribution is 2.63. The second-order valence-electron chi connectivity index (χ2n) is 16.3. The van der Waals surface area contributed by atoms with E-state index >= 15 is 0 Å². The molecular weight excluding hydrogens is 668 g/mol. The van der Waals surface area contributed by atoms with Crippen molar-refractivity contribution in [1.82, 2.24) is 5.32 Å². The topological polar surface area (TPSA) is 162 Å². The summed E-state index contributed by atoms with van der Waals surface area (Å²) in [4.78, 5) is 27.2. The van der Waals surface area contributed by atoms with Gasteiger partial charge in [-0.15, -0.1) is 0 Å². The lowest BCUT2D eigenvalue weighted by atomic mass is 9.52. The molecule has 1 aromatic rings. The molecule has 9 heteroatoms. The predicted molar refractivity (Wildman–Crippen MR) is 208 cm³/mol. The maximum Gasteiger partial charge on any atom is 0.414 e. The van der Waals surface area contributed by atoms with Crippen molar-refractivity contribution >= 4 is 11.9 Å². The number of nitrogens with two attached hydrogens (primary N) is 1. The zero-order valence-electron chi connectivity index (χ0n) is 32.0. The molecule has 4 aliphatic rings. The highest BCUT2D eigenvalue weighted by molar-refractivity contribution is 5.98. The van der Waals surface area contributed by atoms with Gasteiger partial charge >= 0.3 is 6.09 Å². The van der Waals surface area contributed by atoms with Gasteiger partial charge in [0.05, 0.1) is 18.3 Å². The second-order valence-corrected chi connectivity index (χ2v) is 16.3. The normalized spacial score (nSPS) is 30.2. The zero-order chi connectivity index (χ0) is 38.3. The lowest BCUT2D eigenvalue weighted by Gasteiger charge is -2.56. The van der Waals surface area contributed by atoms with E-state index in [0.717, 1.165) is 61.7 Å². The van der Waals surface area contributed by atoms with Crippen molar-refractivity contribution in [2.75, 3.05) is 13.2 Å². The number of carbonyl (C=O) groups is 2. The number of aliphatic hydroxyl groups excluding tert-OH is 3. The number of benzene rings is 1. The van der Waals surface area contributed by atoms with Crippen molar-refractivity contribution in [2.24, 2.45) is 28.9 Å². The molecule has 1 spiro atoms. The fourth-order valence-corrected chi connectivity index (χ4v) is 9.94. The number of hydrogen-bond donors (Lipinski definition) is 6. The summed E-state index contributed by atoms with van der Waals surface area (Å²) in [6, 6.07) is 5.42. The van der Waals surface area contributed by atoms with Crippen LogP contribution < -0.4 is 15.8 Å². The number of nitrogens with one attached hydrogen (secondary N) is 1. The standard InChI is InChI=1S/C44H62N2O7/c1-28(2)12-8-13-29(3)14-9-18-32(27-48)33-22-24-44(40(33)50)36(20-11-25-47)34(21-23-43(44,4)52)38(30-15-6-5-7-16-30)37(49)26-31-17-10-19-35-39(31)53-42(51)46-41(35)45/h9-10,12,14,17-19,30,33,36,40-41,47-48,50,52H,3,5-8,11,13,15-16,20-27,45H2,1-2,4H3,(H,46,51)/b14-9+,32-18-,38-34+/t33-,36-,40-,41-,43-,44-/m1/s1. The molecule has 0 bridgehead atoms. The van der Waals surface area contributed by atoms with E-state index in [4.69, 9.17) is 10.5 Å². The van der Waals surface area contributed by atoms with Crippen LogP contribution in [0.15, 0.2) is 76.9 Å². The molecule has 1 amide bonds. The van der Waals surface area contributed by atoms with Gasteiger partial charge < -0.3 is 36.2 Å². The van der Waals surface area contributed by atoms with Crippen molar-refractivity contribution in [3.05, 3.63) is 88.1 Å². The van der Waals surface area contributed by atoms with Crippen molar-refractivity contribution in [3.8, 4) is 5.75 Å². The third-order valence-electron chi connectivity index (χ3n) is 12.6. The summed E-state index contributed by atoms with van der Waals surface area (Å²) in [5.41, 5.74) is 9.89. The summed E-state index contributed by atoms with van der Waals surface area (Å²) < 4.78 is 5.58. The molecule has 3 fully saturated rings. The molecule has 0 radical (unpaired) electrons. The van der Waals surface area contributed by atoms with Crippen LogP contribution in [-0.4, -0.2) is 57.2 Å². The van der Waals surface area contributed by atoms with Gasteiger partial charge in [-0.3, -0.25) is 4.79 Å². The van der Waals surface area contributed by atoms with Gasteiger partial charge in [0.2, 0.25) is 0 Å². The van der Waals surface area contributed by atoms with Gasteiger partial charge in [-0.1, -0.05) is 85.1 Å². The summed E-state index contributed by atoms with van der Waals surface area (Å²) in [7, 11) is 0. The Balaban J connectivity index is 1.54. The Morgan fingerprint density at radius 1 is 1.13 bits per heavy atom. The minimum absolute atomic E-state index is 0.0309. The van der Waals surface area contributed by atoms with E-state index in [0.29, 0.717) is 61.0 Å². The Hall–Kier alpha value is -3.34. The summed E-state index contributed by atoms with van der Waals surface area (Å²) in [6.07, 6.45) is 15.1. The molecule has 0 aromatic heterocycles. The van der Waals surface area contributed by atoms with Crippen LogP contribution in [0.3, 0.4) is 0 Å². The molecule has 5 rings (SSSR count). The predicted octanol–water partition coefficient (Wildman–Crippen LogP) is 7.20. The Bertz CT molecular complexity index is 1630. The van der Waals surface area contributed by atoms with Crippen LogP contribution in [0.5, 0.6) is 5.75 Å².